The number of ether oxygens (including phenoxy) is 3. The Labute approximate surface area is 165 Å². The molecule has 0 aromatic carbocycles. The van der Waals surface area contributed by atoms with Gasteiger partial charge in [0.05, 0.1) is 39.6 Å². The van der Waals surface area contributed by atoms with E-state index in [4.69, 9.17) is 14.2 Å². The van der Waals surface area contributed by atoms with Crippen LogP contribution in [0.25, 0.3) is 0 Å². The van der Waals surface area contributed by atoms with Gasteiger partial charge in [-0.25, -0.2) is 0 Å². The SMILES string of the molecule is CC(C)NC1CCN(CCOCCOCCOCCNC(=O)C(C)C)CC1. The zero-order chi connectivity index (χ0) is 19.9. The van der Waals surface area contributed by atoms with Gasteiger partial charge in [0.2, 0.25) is 5.91 Å². The molecular weight excluding hydrogens is 346 g/mol. The van der Waals surface area contributed by atoms with Crippen molar-refractivity contribution in [3.05, 3.63) is 0 Å². The molecule has 0 aromatic rings. The minimum atomic E-state index is 0.0158. The highest BCUT2D eigenvalue weighted by molar-refractivity contribution is 5.77. The molecular formula is C20H41N3O4. The standard InChI is InChI=1S/C20H41N3O4/c1-17(2)20(24)21-7-11-25-13-15-27-16-14-26-12-10-23-8-5-19(6-9-23)22-18(3)4/h17-19,22H,5-16H2,1-4H3,(H,21,24). The van der Waals surface area contributed by atoms with E-state index in [-0.39, 0.29) is 11.8 Å². The molecule has 27 heavy (non-hydrogen) atoms. The molecule has 2 N–H and O–H groups in total. The van der Waals surface area contributed by atoms with Crippen LogP contribution in [0.2, 0.25) is 0 Å². The molecule has 0 unspecified atom stereocenters. The Morgan fingerprint density at radius 2 is 1.48 bits per heavy atom. The Morgan fingerprint density at radius 3 is 2.04 bits per heavy atom. The lowest BCUT2D eigenvalue weighted by Crippen LogP contribution is -2.45. The highest BCUT2D eigenvalue weighted by atomic mass is 16.5. The van der Waals surface area contributed by atoms with Crippen molar-refractivity contribution >= 4 is 5.91 Å². The summed E-state index contributed by atoms with van der Waals surface area (Å²) in [5.74, 6) is 0.0747. The second-order valence-electron chi connectivity index (χ2n) is 7.72. The predicted octanol–water partition coefficient (Wildman–Crippen LogP) is 1.27. The summed E-state index contributed by atoms with van der Waals surface area (Å²) in [7, 11) is 0. The fourth-order valence-corrected chi connectivity index (χ4v) is 2.98. The van der Waals surface area contributed by atoms with Crippen LogP contribution < -0.4 is 10.6 Å². The number of carbonyl (C=O) groups is 1. The molecule has 1 aliphatic heterocycles. The monoisotopic (exact) mass is 387 g/mol. The van der Waals surface area contributed by atoms with Crippen LogP contribution in [0.3, 0.4) is 0 Å². The summed E-state index contributed by atoms with van der Waals surface area (Å²) in [6, 6.07) is 1.24. The molecule has 0 atom stereocenters. The van der Waals surface area contributed by atoms with E-state index in [0.29, 0.717) is 51.7 Å². The van der Waals surface area contributed by atoms with Crippen molar-refractivity contribution in [3.63, 3.8) is 0 Å². The van der Waals surface area contributed by atoms with Gasteiger partial charge in [-0.3, -0.25) is 4.79 Å². The first kappa shape index (κ1) is 24.3. The topological polar surface area (TPSA) is 72.1 Å². The van der Waals surface area contributed by atoms with E-state index in [1.54, 1.807) is 0 Å². The first-order valence-electron chi connectivity index (χ1n) is 10.5. The van der Waals surface area contributed by atoms with Gasteiger partial charge in [0, 0.05) is 31.1 Å². The lowest BCUT2D eigenvalue weighted by molar-refractivity contribution is -0.124. The second-order valence-corrected chi connectivity index (χ2v) is 7.72. The minimum Gasteiger partial charge on any atom is -0.378 e. The fourth-order valence-electron chi connectivity index (χ4n) is 2.98. The molecule has 1 fully saturated rings. The summed E-state index contributed by atoms with van der Waals surface area (Å²) in [6.45, 7) is 15.6. The van der Waals surface area contributed by atoms with Crippen molar-refractivity contribution < 1.29 is 19.0 Å². The van der Waals surface area contributed by atoms with Gasteiger partial charge in [-0.05, 0) is 25.9 Å². The van der Waals surface area contributed by atoms with Crippen LogP contribution in [0.4, 0.5) is 0 Å². The first-order valence-corrected chi connectivity index (χ1v) is 10.5. The maximum atomic E-state index is 11.3. The Morgan fingerprint density at radius 1 is 0.926 bits per heavy atom. The highest BCUT2D eigenvalue weighted by Gasteiger charge is 2.18. The summed E-state index contributed by atoms with van der Waals surface area (Å²) in [5.41, 5.74) is 0. The van der Waals surface area contributed by atoms with E-state index in [0.717, 1.165) is 26.2 Å². The van der Waals surface area contributed by atoms with Crippen molar-refractivity contribution in [2.45, 2.75) is 52.6 Å². The van der Waals surface area contributed by atoms with Crippen LogP contribution in [0.5, 0.6) is 0 Å². The average molecular weight is 388 g/mol. The summed E-state index contributed by atoms with van der Waals surface area (Å²) in [6.07, 6.45) is 2.45. The molecule has 0 spiro atoms. The number of piperidine rings is 1. The third-order valence-corrected chi connectivity index (χ3v) is 4.52. The van der Waals surface area contributed by atoms with Crippen molar-refractivity contribution in [1.82, 2.24) is 15.5 Å². The van der Waals surface area contributed by atoms with Crippen LogP contribution >= 0.6 is 0 Å². The van der Waals surface area contributed by atoms with Gasteiger partial charge in [0.1, 0.15) is 0 Å². The third-order valence-electron chi connectivity index (χ3n) is 4.52. The molecule has 1 rings (SSSR count). The maximum absolute atomic E-state index is 11.3. The summed E-state index contributed by atoms with van der Waals surface area (Å²) in [5, 5.41) is 6.43. The van der Waals surface area contributed by atoms with E-state index in [1.807, 2.05) is 13.8 Å². The lowest BCUT2D eigenvalue weighted by Gasteiger charge is -2.33. The second kappa shape index (κ2) is 15.2. The highest BCUT2D eigenvalue weighted by Crippen LogP contribution is 2.10. The van der Waals surface area contributed by atoms with E-state index in [1.165, 1.54) is 12.8 Å². The van der Waals surface area contributed by atoms with Crippen molar-refractivity contribution in [3.8, 4) is 0 Å². The first-order chi connectivity index (χ1) is 13.0. The number of nitrogens with zero attached hydrogens (tertiary/aromatic N) is 1. The number of amides is 1. The normalized spacial score (nSPS) is 16.4. The Bertz CT molecular complexity index is 372. The Balaban J connectivity index is 1.80. The average Bonchev–Trinajstić information content (AvgIpc) is 2.63. The van der Waals surface area contributed by atoms with E-state index >= 15 is 0 Å². The van der Waals surface area contributed by atoms with E-state index < -0.39 is 0 Å². The van der Waals surface area contributed by atoms with Gasteiger partial charge in [0.25, 0.3) is 0 Å². The zero-order valence-electron chi connectivity index (χ0n) is 17.8. The minimum absolute atomic E-state index is 0.0158. The fraction of sp³-hybridized carbons (Fsp3) is 0.950. The smallest absolute Gasteiger partial charge is 0.222 e. The van der Waals surface area contributed by atoms with Gasteiger partial charge in [-0.15, -0.1) is 0 Å². The molecule has 0 radical (unpaired) electrons. The quantitative estimate of drug-likeness (QED) is 0.412. The van der Waals surface area contributed by atoms with Gasteiger partial charge in [-0.1, -0.05) is 27.7 Å². The number of hydrogen-bond acceptors (Lipinski definition) is 6. The largest absolute Gasteiger partial charge is 0.378 e. The molecule has 160 valence electrons. The van der Waals surface area contributed by atoms with Gasteiger partial charge < -0.3 is 29.7 Å². The van der Waals surface area contributed by atoms with Crippen LogP contribution in [-0.4, -0.2) is 88.7 Å². The Hall–Kier alpha value is -0.730. The molecule has 7 heteroatoms. The summed E-state index contributed by atoms with van der Waals surface area (Å²) in [4.78, 5) is 13.8. The van der Waals surface area contributed by atoms with Crippen molar-refractivity contribution in [2.75, 3.05) is 65.8 Å². The molecule has 0 bridgehead atoms. The molecule has 0 aromatic heterocycles. The molecule has 7 nitrogen and oxygen atoms in total. The predicted molar refractivity (Wildman–Crippen MR) is 108 cm³/mol. The zero-order valence-corrected chi connectivity index (χ0v) is 17.8. The van der Waals surface area contributed by atoms with Crippen molar-refractivity contribution in [2.24, 2.45) is 5.92 Å². The van der Waals surface area contributed by atoms with Gasteiger partial charge in [-0.2, -0.15) is 0 Å². The molecule has 0 aliphatic carbocycles. The van der Waals surface area contributed by atoms with Crippen LogP contribution in [0.15, 0.2) is 0 Å². The molecule has 1 saturated heterocycles. The summed E-state index contributed by atoms with van der Waals surface area (Å²) < 4.78 is 16.5. The number of carbonyl (C=O) groups excluding carboxylic acids is 1. The number of rotatable bonds is 15. The van der Waals surface area contributed by atoms with Gasteiger partial charge >= 0.3 is 0 Å². The van der Waals surface area contributed by atoms with Crippen molar-refractivity contribution in [1.29, 1.82) is 0 Å². The molecule has 1 aliphatic rings. The molecule has 0 saturated carbocycles. The van der Waals surface area contributed by atoms with E-state index in [9.17, 15) is 4.79 Å². The molecule has 1 amide bonds. The van der Waals surface area contributed by atoms with Crippen LogP contribution in [0, 0.1) is 5.92 Å². The summed E-state index contributed by atoms with van der Waals surface area (Å²) >= 11 is 0. The van der Waals surface area contributed by atoms with Crippen LogP contribution in [-0.2, 0) is 19.0 Å². The lowest BCUT2D eigenvalue weighted by atomic mass is 10.0. The van der Waals surface area contributed by atoms with Gasteiger partial charge in [0.15, 0.2) is 0 Å². The number of nitrogens with one attached hydrogen (secondary N) is 2. The third kappa shape index (κ3) is 13.1. The van der Waals surface area contributed by atoms with Crippen LogP contribution in [0.1, 0.15) is 40.5 Å². The van der Waals surface area contributed by atoms with E-state index in [2.05, 4.69) is 29.4 Å². The Kier molecular flexibility index (Phi) is 13.7. The number of hydrogen-bond donors (Lipinski definition) is 2. The number of likely N-dealkylation sites (tertiary alicyclic amines) is 1. The maximum Gasteiger partial charge on any atom is 0.222 e. The molecule has 1 heterocycles.